The molecule has 1 aromatic heterocycles. The lowest BCUT2D eigenvalue weighted by Gasteiger charge is -2.06. The molecule has 1 aromatic rings. The minimum atomic E-state index is -0.873. The van der Waals surface area contributed by atoms with Crippen molar-refractivity contribution in [1.29, 1.82) is 0 Å². The largest absolute Gasteiger partial charge is 0.464 e. The fraction of sp³-hybridized carbons (Fsp3) is 0.556. The summed E-state index contributed by atoms with van der Waals surface area (Å²) in [5.41, 5.74) is -2.56. The van der Waals surface area contributed by atoms with Gasteiger partial charge in [0.15, 0.2) is 0 Å². The van der Waals surface area contributed by atoms with Crippen LogP contribution in [-0.2, 0) is 16.1 Å². The van der Waals surface area contributed by atoms with Crippen molar-refractivity contribution in [2.45, 2.75) is 25.1 Å². The van der Waals surface area contributed by atoms with Crippen LogP contribution in [0, 0.1) is 0 Å². The number of nitrogens with zero attached hydrogens (tertiary/aromatic N) is 1. The molecule has 18 heavy (non-hydrogen) atoms. The lowest BCUT2D eigenvalue weighted by molar-refractivity contribution is -0.143. The van der Waals surface area contributed by atoms with Gasteiger partial charge in [0.2, 0.25) is 0 Å². The van der Waals surface area contributed by atoms with Crippen LogP contribution in [0.5, 0.6) is 0 Å². The van der Waals surface area contributed by atoms with Gasteiger partial charge in [-0.15, -0.1) is 0 Å². The van der Waals surface area contributed by atoms with Crippen LogP contribution < -0.4 is 17.1 Å². The van der Waals surface area contributed by atoms with Crippen molar-refractivity contribution in [3.63, 3.8) is 0 Å². The van der Waals surface area contributed by atoms with Gasteiger partial charge in [0.1, 0.15) is 6.61 Å². The molecule has 0 aliphatic carbocycles. The number of rotatable bonds is 5. The quantitative estimate of drug-likeness (QED) is 0.446. The van der Waals surface area contributed by atoms with Gasteiger partial charge in [0, 0.05) is 5.25 Å². The summed E-state index contributed by atoms with van der Waals surface area (Å²) in [7, 11) is 0. The number of hydrogen-bond donors (Lipinski definition) is 3. The number of nitrogens with one attached hydrogen (secondary N) is 2. The first-order valence-electron chi connectivity index (χ1n) is 5.17. The topological polar surface area (TPSA) is 114 Å². The summed E-state index contributed by atoms with van der Waals surface area (Å²) in [4.78, 5) is 48.2. The van der Waals surface area contributed by atoms with Crippen LogP contribution in [-0.4, -0.2) is 32.4 Å². The Labute approximate surface area is 106 Å². The van der Waals surface area contributed by atoms with Gasteiger partial charge in [-0.2, -0.15) is 12.6 Å². The second kappa shape index (κ2) is 6.24. The number of hydrogen-bond acceptors (Lipinski definition) is 6. The molecule has 0 saturated heterocycles. The molecule has 0 saturated carbocycles. The van der Waals surface area contributed by atoms with Crippen LogP contribution in [0.4, 0.5) is 0 Å². The molecule has 0 aliphatic rings. The smallest absolute Gasteiger partial charge is 0.333 e. The van der Waals surface area contributed by atoms with Crippen molar-refractivity contribution in [3.05, 3.63) is 31.5 Å². The Hall–Kier alpha value is -1.77. The van der Waals surface area contributed by atoms with E-state index in [4.69, 9.17) is 4.74 Å². The molecular formula is C9H13N3O5S. The standard InChI is InChI=1S/C9H13N3O5S/c1-5(18)4-6(13)17-3-2-12-8(15)10-7(14)11-9(12)16/h5,18H,2-4H2,1H3,(H2,10,11,14,15,16). The summed E-state index contributed by atoms with van der Waals surface area (Å²) in [5, 5.41) is -0.128. The first-order valence-corrected chi connectivity index (χ1v) is 5.69. The van der Waals surface area contributed by atoms with Gasteiger partial charge < -0.3 is 4.74 Å². The molecule has 9 heteroatoms. The average molecular weight is 275 g/mol. The summed E-state index contributed by atoms with van der Waals surface area (Å²) >= 11 is 4.02. The molecule has 0 radical (unpaired) electrons. The Balaban J connectivity index is 2.60. The number of thiol groups is 1. The molecule has 0 fully saturated rings. The summed E-state index contributed by atoms with van der Waals surface area (Å²) in [6, 6.07) is 0. The van der Waals surface area contributed by atoms with Crippen LogP contribution in [0.3, 0.4) is 0 Å². The first-order chi connectivity index (χ1) is 8.40. The Kier molecular flexibility index (Phi) is 4.95. The highest BCUT2D eigenvalue weighted by molar-refractivity contribution is 7.80. The number of carbonyl (C=O) groups excluding carboxylic acids is 1. The maximum Gasteiger partial charge on any atom is 0.333 e. The number of esters is 1. The number of aromatic amines is 2. The lowest BCUT2D eigenvalue weighted by Crippen LogP contribution is -2.44. The molecular weight excluding hydrogens is 262 g/mol. The molecule has 0 aromatic carbocycles. The van der Waals surface area contributed by atoms with Crippen molar-refractivity contribution in [3.8, 4) is 0 Å². The Morgan fingerprint density at radius 3 is 2.39 bits per heavy atom. The average Bonchev–Trinajstić information content (AvgIpc) is 2.20. The summed E-state index contributed by atoms with van der Waals surface area (Å²) in [6.45, 7) is 1.48. The van der Waals surface area contributed by atoms with E-state index in [0.717, 1.165) is 4.57 Å². The summed E-state index contributed by atoms with van der Waals surface area (Å²) < 4.78 is 5.54. The molecule has 1 atom stereocenters. The van der Waals surface area contributed by atoms with E-state index in [1.54, 1.807) is 6.92 Å². The predicted molar refractivity (Wildman–Crippen MR) is 66.0 cm³/mol. The van der Waals surface area contributed by atoms with Crippen molar-refractivity contribution >= 4 is 18.6 Å². The van der Waals surface area contributed by atoms with E-state index in [1.807, 2.05) is 9.97 Å². The van der Waals surface area contributed by atoms with E-state index >= 15 is 0 Å². The fourth-order valence-electron chi connectivity index (χ4n) is 1.21. The van der Waals surface area contributed by atoms with Crippen molar-refractivity contribution in [2.75, 3.05) is 6.61 Å². The molecule has 2 N–H and O–H groups in total. The summed E-state index contributed by atoms with van der Waals surface area (Å²) in [5.74, 6) is -0.466. The molecule has 100 valence electrons. The molecule has 1 unspecified atom stereocenters. The molecule has 0 spiro atoms. The number of carbonyl (C=O) groups is 1. The third kappa shape index (κ3) is 4.24. The van der Waals surface area contributed by atoms with Gasteiger partial charge in [0.05, 0.1) is 13.0 Å². The van der Waals surface area contributed by atoms with Crippen LogP contribution >= 0.6 is 12.6 Å². The second-order valence-corrected chi connectivity index (χ2v) is 4.50. The third-order valence-corrected chi connectivity index (χ3v) is 2.15. The Morgan fingerprint density at radius 2 is 1.89 bits per heavy atom. The summed E-state index contributed by atoms with van der Waals surface area (Å²) in [6.07, 6.45) is 0.139. The van der Waals surface area contributed by atoms with E-state index in [2.05, 4.69) is 12.6 Å². The Morgan fingerprint density at radius 1 is 1.33 bits per heavy atom. The van der Waals surface area contributed by atoms with Gasteiger partial charge in [-0.3, -0.25) is 14.8 Å². The highest BCUT2D eigenvalue weighted by Gasteiger charge is 2.08. The zero-order chi connectivity index (χ0) is 13.7. The van der Waals surface area contributed by atoms with Crippen LogP contribution in [0.15, 0.2) is 14.4 Å². The zero-order valence-electron chi connectivity index (χ0n) is 9.63. The van der Waals surface area contributed by atoms with E-state index in [0.29, 0.717) is 0 Å². The second-order valence-electron chi connectivity index (χ2n) is 3.61. The van der Waals surface area contributed by atoms with E-state index < -0.39 is 23.0 Å². The minimum absolute atomic E-state index is 0.127. The van der Waals surface area contributed by atoms with Gasteiger partial charge in [0.25, 0.3) is 0 Å². The normalized spacial score (nSPS) is 12.1. The molecule has 0 bridgehead atoms. The van der Waals surface area contributed by atoms with Gasteiger partial charge in [-0.05, 0) is 0 Å². The van der Waals surface area contributed by atoms with E-state index in [1.165, 1.54) is 0 Å². The third-order valence-electron chi connectivity index (χ3n) is 1.97. The van der Waals surface area contributed by atoms with Crippen molar-refractivity contribution in [2.24, 2.45) is 0 Å². The molecule has 0 aliphatic heterocycles. The van der Waals surface area contributed by atoms with Crippen LogP contribution in [0.1, 0.15) is 13.3 Å². The number of H-pyrrole nitrogens is 2. The fourth-order valence-corrected chi connectivity index (χ4v) is 1.36. The van der Waals surface area contributed by atoms with E-state index in [9.17, 15) is 19.2 Å². The first kappa shape index (κ1) is 14.3. The van der Waals surface area contributed by atoms with Crippen molar-refractivity contribution in [1.82, 2.24) is 14.5 Å². The highest BCUT2D eigenvalue weighted by atomic mass is 32.1. The van der Waals surface area contributed by atoms with Gasteiger partial charge in [-0.25, -0.2) is 19.0 Å². The van der Waals surface area contributed by atoms with Gasteiger partial charge >= 0.3 is 23.0 Å². The molecule has 0 amide bonds. The maximum absolute atomic E-state index is 11.2. The predicted octanol–water partition coefficient (Wildman–Crippen LogP) is -1.52. The molecule has 1 heterocycles. The monoisotopic (exact) mass is 275 g/mol. The molecule has 1 rings (SSSR count). The number of ether oxygens (including phenoxy) is 1. The highest BCUT2D eigenvalue weighted by Crippen LogP contribution is 2.00. The Bertz CT molecular complexity index is 551. The zero-order valence-corrected chi connectivity index (χ0v) is 10.5. The van der Waals surface area contributed by atoms with Gasteiger partial charge in [-0.1, -0.05) is 6.92 Å². The lowest BCUT2D eigenvalue weighted by atomic mass is 10.3. The van der Waals surface area contributed by atoms with E-state index in [-0.39, 0.29) is 24.8 Å². The SMILES string of the molecule is CC(S)CC(=O)OCCn1c(=O)[nH]c(=O)[nH]c1=O. The maximum atomic E-state index is 11.2. The van der Waals surface area contributed by atoms with Crippen molar-refractivity contribution < 1.29 is 9.53 Å². The van der Waals surface area contributed by atoms with Crippen LogP contribution in [0.2, 0.25) is 0 Å². The minimum Gasteiger partial charge on any atom is -0.464 e. The number of aromatic nitrogens is 3. The molecule has 8 nitrogen and oxygen atoms in total. The van der Waals surface area contributed by atoms with Crippen LogP contribution in [0.25, 0.3) is 0 Å².